The molecular weight excluding hydrogens is 235 g/mol. The van der Waals surface area contributed by atoms with Gasteiger partial charge in [0.15, 0.2) is 0 Å². The Labute approximate surface area is 97.2 Å². The number of aromatic nitrogens is 3. The van der Waals surface area contributed by atoms with E-state index in [0.717, 1.165) is 0 Å². The van der Waals surface area contributed by atoms with Gasteiger partial charge in [0.25, 0.3) is 0 Å². The van der Waals surface area contributed by atoms with E-state index in [2.05, 4.69) is 15.6 Å². The Bertz CT molecular complexity index is 323. The van der Waals surface area contributed by atoms with Crippen molar-refractivity contribution >= 4 is 0 Å². The number of nitrogens with zero attached hydrogens (tertiary/aromatic N) is 3. The smallest absolute Gasteiger partial charge is 0.325 e. The van der Waals surface area contributed by atoms with Gasteiger partial charge in [0, 0.05) is 25.7 Å². The third-order valence-electron chi connectivity index (χ3n) is 2.13. The lowest BCUT2D eigenvalue weighted by molar-refractivity contribution is -0.135. The van der Waals surface area contributed by atoms with Crippen molar-refractivity contribution in [1.29, 1.82) is 0 Å². The highest BCUT2D eigenvalue weighted by Gasteiger charge is 2.25. The Morgan fingerprint density at radius 3 is 2.71 bits per heavy atom. The minimum absolute atomic E-state index is 0.0922. The molecule has 0 saturated heterocycles. The van der Waals surface area contributed by atoms with Gasteiger partial charge in [-0.25, -0.2) is 0 Å². The van der Waals surface area contributed by atoms with Crippen LogP contribution >= 0.6 is 0 Å². The van der Waals surface area contributed by atoms with Crippen LogP contribution < -0.4 is 11.1 Å². The van der Waals surface area contributed by atoms with E-state index < -0.39 is 12.6 Å². The van der Waals surface area contributed by atoms with Crippen LogP contribution in [0, 0.1) is 0 Å². The Morgan fingerprint density at radius 1 is 1.35 bits per heavy atom. The van der Waals surface area contributed by atoms with Crippen molar-refractivity contribution in [3.63, 3.8) is 0 Å². The number of hydrogen-bond donors (Lipinski definition) is 2. The van der Waals surface area contributed by atoms with E-state index in [1.54, 1.807) is 10.9 Å². The first-order chi connectivity index (χ1) is 8.01. The molecule has 0 fully saturated rings. The molecule has 17 heavy (non-hydrogen) atoms. The molecule has 8 heteroatoms. The molecule has 1 heterocycles. The van der Waals surface area contributed by atoms with E-state index in [-0.39, 0.29) is 6.42 Å². The van der Waals surface area contributed by atoms with Gasteiger partial charge in [-0.1, -0.05) is 5.21 Å². The molecule has 0 bridgehead atoms. The van der Waals surface area contributed by atoms with Crippen molar-refractivity contribution < 1.29 is 13.2 Å². The number of rotatable bonds is 7. The zero-order valence-corrected chi connectivity index (χ0v) is 9.37. The predicted octanol–water partition coefficient (Wildman–Crippen LogP) is 0.669. The average molecular weight is 251 g/mol. The SMILES string of the molecule is NCc1cn(CCNCCCC(F)(F)F)nn1. The van der Waals surface area contributed by atoms with E-state index in [1.165, 1.54) is 0 Å². The third kappa shape index (κ3) is 6.22. The van der Waals surface area contributed by atoms with Crippen LogP contribution in [0.1, 0.15) is 18.5 Å². The summed E-state index contributed by atoms with van der Waals surface area (Å²) in [6.45, 7) is 1.81. The van der Waals surface area contributed by atoms with Crippen molar-refractivity contribution in [1.82, 2.24) is 20.3 Å². The van der Waals surface area contributed by atoms with Crippen LogP contribution in [0.2, 0.25) is 0 Å². The minimum Gasteiger partial charge on any atom is -0.325 e. The number of alkyl halides is 3. The van der Waals surface area contributed by atoms with Gasteiger partial charge in [-0.3, -0.25) is 4.68 Å². The molecule has 1 aromatic heterocycles. The van der Waals surface area contributed by atoms with Crippen LogP contribution in [0.15, 0.2) is 6.20 Å². The van der Waals surface area contributed by atoms with Gasteiger partial charge in [0.2, 0.25) is 0 Å². The topological polar surface area (TPSA) is 68.8 Å². The highest BCUT2D eigenvalue weighted by molar-refractivity contribution is 4.90. The van der Waals surface area contributed by atoms with Crippen molar-refractivity contribution in [3.05, 3.63) is 11.9 Å². The zero-order valence-electron chi connectivity index (χ0n) is 9.37. The van der Waals surface area contributed by atoms with E-state index >= 15 is 0 Å². The number of nitrogens with two attached hydrogens (primary N) is 1. The molecule has 0 aliphatic heterocycles. The normalized spacial score (nSPS) is 12.0. The maximum absolute atomic E-state index is 11.8. The summed E-state index contributed by atoms with van der Waals surface area (Å²) in [6, 6.07) is 0. The van der Waals surface area contributed by atoms with Crippen LogP contribution in [0.25, 0.3) is 0 Å². The van der Waals surface area contributed by atoms with Gasteiger partial charge in [0.1, 0.15) is 0 Å². The first-order valence-electron chi connectivity index (χ1n) is 5.38. The number of hydrogen-bond acceptors (Lipinski definition) is 4. The molecule has 0 aromatic carbocycles. The monoisotopic (exact) mass is 251 g/mol. The van der Waals surface area contributed by atoms with Crippen molar-refractivity contribution in [2.45, 2.75) is 32.1 Å². The molecule has 0 spiro atoms. The van der Waals surface area contributed by atoms with E-state index in [4.69, 9.17) is 5.73 Å². The van der Waals surface area contributed by atoms with Crippen molar-refractivity contribution in [2.75, 3.05) is 13.1 Å². The molecule has 98 valence electrons. The first-order valence-corrected chi connectivity index (χ1v) is 5.38. The van der Waals surface area contributed by atoms with Gasteiger partial charge in [-0.05, 0) is 13.0 Å². The Balaban J connectivity index is 2.04. The third-order valence-corrected chi connectivity index (χ3v) is 2.13. The molecule has 5 nitrogen and oxygen atoms in total. The first kappa shape index (κ1) is 13.9. The van der Waals surface area contributed by atoms with Crippen LogP contribution in [0.3, 0.4) is 0 Å². The molecule has 0 unspecified atom stereocenters. The fourth-order valence-corrected chi connectivity index (χ4v) is 1.27. The second-order valence-electron chi connectivity index (χ2n) is 3.65. The molecule has 3 N–H and O–H groups in total. The van der Waals surface area contributed by atoms with E-state index in [0.29, 0.717) is 31.9 Å². The minimum atomic E-state index is -4.07. The Kier molecular flexibility index (Phi) is 5.36. The molecule has 0 aliphatic rings. The second kappa shape index (κ2) is 6.55. The summed E-state index contributed by atoms with van der Waals surface area (Å²) in [5.41, 5.74) is 6.06. The van der Waals surface area contributed by atoms with Crippen molar-refractivity contribution in [2.24, 2.45) is 5.73 Å². The van der Waals surface area contributed by atoms with Crippen LogP contribution in [0.5, 0.6) is 0 Å². The zero-order chi connectivity index (χ0) is 12.7. The van der Waals surface area contributed by atoms with Crippen LogP contribution in [-0.2, 0) is 13.1 Å². The predicted molar refractivity (Wildman–Crippen MR) is 56.1 cm³/mol. The fourth-order valence-electron chi connectivity index (χ4n) is 1.27. The van der Waals surface area contributed by atoms with Crippen molar-refractivity contribution in [3.8, 4) is 0 Å². The molecule has 1 rings (SSSR count). The van der Waals surface area contributed by atoms with Gasteiger partial charge < -0.3 is 11.1 Å². The van der Waals surface area contributed by atoms with Gasteiger partial charge >= 0.3 is 6.18 Å². The quantitative estimate of drug-likeness (QED) is 0.699. The summed E-state index contributed by atoms with van der Waals surface area (Å²) in [5, 5.41) is 10.5. The lowest BCUT2D eigenvalue weighted by Gasteiger charge is -2.07. The molecule has 0 radical (unpaired) electrons. The fraction of sp³-hybridized carbons (Fsp3) is 0.778. The average Bonchev–Trinajstić information content (AvgIpc) is 2.69. The maximum Gasteiger partial charge on any atom is 0.389 e. The van der Waals surface area contributed by atoms with Gasteiger partial charge in [-0.15, -0.1) is 5.10 Å². The molecule has 0 amide bonds. The number of halogens is 3. The second-order valence-corrected chi connectivity index (χ2v) is 3.65. The highest BCUT2D eigenvalue weighted by Crippen LogP contribution is 2.20. The summed E-state index contributed by atoms with van der Waals surface area (Å²) >= 11 is 0. The summed E-state index contributed by atoms with van der Waals surface area (Å²) in [4.78, 5) is 0. The maximum atomic E-state index is 11.8. The van der Waals surface area contributed by atoms with Gasteiger partial charge in [-0.2, -0.15) is 13.2 Å². The largest absolute Gasteiger partial charge is 0.389 e. The van der Waals surface area contributed by atoms with Gasteiger partial charge in [0.05, 0.1) is 12.2 Å². The molecule has 0 saturated carbocycles. The summed E-state index contributed by atoms with van der Waals surface area (Å²) in [5.74, 6) is 0. The summed E-state index contributed by atoms with van der Waals surface area (Å²) < 4.78 is 37.0. The molecule has 0 atom stereocenters. The lowest BCUT2D eigenvalue weighted by atomic mass is 10.3. The molecular formula is C9H16F3N5. The summed E-state index contributed by atoms with van der Waals surface area (Å²) in [6.07, 6.45) is -3.00. The highest BCUT2D eigenvalue weighted by atomic mass is 19.4. The summed E-state index contributed by atoms with van der Waals surface area (Å²) in [7, 11) is 0. The van der Waals surface area contributed by atoms with Crippen LogP contribution in [-0.4, -0.2) is 34.3 Å². The van der Waals surface area contributed by atoms with E-state index in [1.807, 2.05) is 0 Å². The Hall–Kier alpha value is -1.15. The van der Waals surface area contributed by atoms with Crippen LogP contribution in [0.4, 0.5) is 13.2 Å². The standard InChI is InChI=1S/C9H16F3N5/c10-9(11,12)2-1-3-14-4-5-17-7-8(6-13)15-16-17/h7,14H,1-6,13H2. The Morgan fingerprint density at radius 2 is 2.12 bits per heavy atom. The van der Waals surface area contributed by atoms with E-state index in [9.17, 15) is 13.2 Å². The lowest BCUT2D eigenvalue weighted by Crippen LogP contribution is -2.22. The molecule has 1 aromatic rings. The molecule has 0 aliphatic carbocycles. The number of nitrogens with one attached hydrogen (secondary N) is 1.